The predicted octanol–water partition coefficient (Wildman–Crippen LogP) is 1.48. The van der Waals surface area contributed by atoms with Crippen LogP contribution in [0.1, 0.15) is 10.5 Å². The predicted molar refractivity (Wildman–Crippen MR) is 68.2 cm³/mol. The molecule has 0 amide bonds. The molecule has 0 fully saturated rings. The molecule has 0 aliphatic heterocycles. The number of carboxylic acid groups (broad SMARTS) is 1. The zero-order chi connectivity index (χ0) is 14.3. The van der Waals surface area contributed by atoms with E-state index in [9.17, 15) is 14.9 Å². The summed E-state index contributed by atoms with van der Waals surface area (Å²) in [7, 11) is 0. The molecule has 0 saturated heterocycles. The Labute approximate surface area is 114 Å². The number of nitro groups is 1. The molecule has 0 bridgehead atoms. The summed E-state index contributed by atoms with van der Waals surface area (Å²) in [6, 6.07) is 1.77. The normalized spacial score (nSPS) is 10.8. The first kappa shape index (κ1) is 12.2. The minimum atomic E-state index is -1.47. The largest absolute Gasteiger partial charge is 0.476 e. The summed E-state index contributed by atoms with van der Waals surface area (Å²) in [6.07, 6.45) is 2.32. The second-order valence-electron chi connectivity index (χ2n) is 3.70. The topological polar surface area (TPSA) is 124 Å². The molecule has 0 spiro atoms. The number of aromatic nitrogens is 4. The third-order valence-corrected chi connectivity index (χ3v) is 3.44. The Morgan fingerprint density at radius 3 is 2.90 bits per heavy atom. The van der Waals surface area contributed by atoms with Crippen molar-refractivity contribution in [3.8, 4) is 5.82 Å². The van der Waals surface area contributed by atoms with E-state index < -0.39 is 22.3 Å². The molecule has 0 aliphatic rings. The molecular weight excluding hydrogens is 286 g/mol. The summed E-state index contributed by atoms with van der Waals surface area (Å²) in [4.78, 5) is 29.1. The van der Waals surface area contributed by atoms with Gasteiger partial charge in [0.25, 0.3) is 0 Å². The molecule has 10 heteroatoms. The zero-order valence-electron chi connectivity index (χ0n) is 9.63. The van der Waals surface area contributed by atoms with Crippen molar-refractivity contribution in [3.05, 3.63) is 39.8 Å². The van der Waals surface area contributed by atoms with E-state index in [1.807, 2.05) is 0 Å². The number of fused-ring (bicyclic) bond motifs is 1. The molecule has 3 rings (SSSR count). The van der Waals surface area contributed by atoms with Crippen LogP contribution < -0.4 is 0 Å². The summed E-state index contributed by atoms with van der Waals surface area (Å²) >= 11 is 1.34. The summed E-state index contributed by atoms with van der Waals surface area (Å²) in [5, 5.41) is 25.3. The molecule has 0 atom stereocenters. The van der Waals surface area contributed by atoms with Crippen LogP contribution in [-0.4, -0.2) is 35.7 Å². The first-order valence-corrected chi connectivity index (χ1v) is 6.12. The fourth-order valence-corrected chi connectivity index (χ4v) is 2.52. The van der Waals surface area contributed by atoms with Crippen molar-refractivity contribution in [2.24, 2.45) is 0 Å². The second-order valence-corrected chi connectivity index (χ2v) is 4.62. The van der Waals surface area contributed by atoms with E-state index in [4.69, 9.17) is 5.11 Å². The van der Waals surface area contributed by atoms with E-state index in [0.717, 1.165) is 10.9 Å². The number of thiophene rings is 1. The molecule has 20 heavy (non-hydrogen) atoms. The third kappa shape index (κ3) is 1.78. The van der Waals surface area contributed by atoms with Crippen molar-refractivity contribution in [3.63, 3.8) is 0 Å². The molecule has 3 aromatic rings. The van der Waals surface area contributed by atoms with Gasteiger partial charge in [0, 0.05) is 0 Å². The second kappa shape index (κ2) is 4.35. The zero-order valence-corrected chi connectivity index (χ0v) is 10.4. The number of hydrogen-bond acceptors (Lipinski definition) is 7. The fourth-order valence-electron chi connectivity index (χ4n) is 1.70. The molecular formula is C10H5N5O4S. The van der Waals surface area contributed by atoms with Crippen molar-refractivity contribution in [1.82, 2.24) is 19.7 Å². The van der Waals surface area contributed by atoms with E-state index in [-0.39, 0.29) is 0 Å². The fraction of sp³-hybridized carbons (Fsp3) is 0. The molecule has 1 N–H and O–H groups in total. The van der Waals surface area contributed by atoms with Crippen LogP contribution in [-0.2, 0) is 0 Å². The summed E-state index contributed by atoms with van der Waals surface area (Å²) in [6.45, 7) is 0. The average Bonchev–Trinajstić information content (AvgIpc) is 3.04. The van der Waals surface area contributed by atoms with Gasteiger partial charge in [-0.05, 0) is 11.4 Å². The van der Waals surface area contributed by atoms with Gasteiger partial charge in [0.15, 0.2) is 5.82 Å². The van der Waals surface area contributed by atoms with Gasteiger partial charge in [-0.3, -0.25) is 10.1 Å². The maximum atomic E-state index is 11.0. The van der Waals surface area contributed by atoms with Crippen LogP contribution in [0.4, 0.5) is 5.69 Å². The molecule has 100 valence electrons. The van der Waals surface area contributed by atoms with Crippen LogP contribution in [0.25, 0.3) is 16.0 Å². The lowest BCUT2D eigenvalue weighted by atomic mass is 10.4. The van der Waals surface area contributed by atoms with Crippen molar-refractivity contribution in [1.29, 1.82) is 0 Å². The molecule has 0 aliphatic carbocycles. The SMILES string of the molecule is O=C(O)c1nn(-c2ncnc3ccsc23)cc1[N+](=O)[O-]. The van der Waals surface area contributed by atoms with Crippen molar-refractivity contribution < 1.29 is 14.8 Å². The number of hydrogen-bond donors (Lipinski definition) is 1. The molecule has 9 nitrogen and oxygen atoms in total. The van der Waals surface area contributed by atoms with E-state index in [1.54, 1.807) is 11.4 Å². The Morgan fingerprint density at radius 2 is 2.25 bits per heavy atom. The van der Waals surface area contributed by atoms with Gasteiger partial charge < -0.3 is 5.11 Å². The van der Waals surface area contributed by atoms with E-state index >= 15 is 0 Å². The number of nitrogens with zero attached hydrogens (tertiary/aromatic N) is 5. The van der Waals surface area contributed by atoms with E-state index in [0.29, 0.717) is 16.0 Å². The lowest BCUT2D eigenvalue weighted by Gasteiger charge is -1.99. The highest BCUT2D eigenvalue weighted by molar-refractivity contribution is 7.17. The lowest BCUT2D eigenvalue weighted by Crippen LogP contribution is -2.03. The van der Waals surface area contributed by atoms with Crippen LogP contribution in [0, 0.1) is 10.1 Å². The first-order chi connectivity index (χ1) is 9.58. The van der Waals surface area contributed by atoms with Gasteiger partial charge in [-0.2, -0.15) is 5.10 Å². The minimum absolute atomic E-state index is 0.306. The van der Waals surface area contributed by atoms with Crippen LogP contribution >= 0.6 is 11.3 Å². The molecule has 3 heterocycles. The molecule has 3 aromatic heterocycles. The number of aromatic carboxylic acids is 1. The highest BCUT2D eigenvalue weighted by atomic mass is 32.1. The number of rotatable bonds is 3. The van der Waals surface area contributed by atoms with Gasteiger partial charge in [-0.25, -0.2) is 19.4 Å². The Kier molecular flexibility index (Phi) is 2.64. The van der Waals surface area contributed by atoms with Gasteiger partial charge in [0.2, 0.25) is 5.69 Å². The Balaban J connectivity index is 2.25. The van der Waals surface area contributed by atoms with Gasteiger partial charge in [-0.1, -0.05) is 0 Å². The number of carbonyl (C=O) groups is 1. The smallest absolute Gasteiger partial charge is 0.363 e. The average molecular weight is 291 g/mol. The number of carboxylic acids is 1. The maximum absolute atomic E-state index is 11.0. The molecule has 0 unspecified atom stereocenters. The minimum Gasteiger partial charge on any atom is -0.476 e. The first-order valence-electron chi connectivity index (χ1n) is 5.24. The highest BCUT2D eigenvalue weighted by Gasteiger charge is 2.26. The Bertz CT molecular complexity index is 808. The van der Waals surface area contributed by atoms with Crippen LogP contribution in [0.15, 0.2) is 24.0 Å². The quantitative estimate of drug-likeness (QED) is 0.572. The van der Waals surface area contributed by atoms with Crippen molar-refractivity contribution >= 4 is 33.2 Å². The lowest BCUT2D eigenvalue weighted by molar-refractivity contribution is -0.385. The van der Waals surface area contributed by atoms with Gasteiger partial charge in [-0.15, -0.1) is 11.3 Å². The van der Waals surface area contributed by atoms with Crippen molar-refractivity contribution in [2.45, 2.75) is 0 Å². The summed E-state index contributed by atoms with van der Waals surface area (Å²) in [5.41, 5.74) is -0.547. The van der Waals surface area contributed by atoms with E-state index in [2.05, 4.69) is 15.1 Å². The van der Waals surface area contributed by atoms with Crippen molar-refractivity contribution in [2.75, 3.05) is 0 Å². The third-order valence-electron chi connectivity index (χ3n) is 2.54. The van der Waals surface area contributed by atoms with Crippen LogP contribution in [0.2, 0.25) is 0 Å². The Morgan fingerprint density at radius 1 is 1.45 bits per heavy atom. The van der Waals surface area contributed by atoms with Gasteiger partial charge in [0.1, 0.15) is 12.5 Å². The monoisotopic (exact) mass is 291 g/mol. The summed E-state index contributed by atoms with van der Waals surface area (Å²) < 4.78 is 1.75. The standard InChI is InChI=1S/C10H5N5O4S/c16-10(17)7-6(15(18)19)3-14(13-7)9-8-5(1-2-20-8)11-4-12-9/h1-4H,(H,16,17). The molecule has 0 aromatic carbocycles. The van der Waals surface area contributed by atoms with Gasteiger partial charge >= 0.3 is 11.7 Å². The summed E-state index contributed by atoms with van der Waals surface area (Å²) in [5.74, 6) is -1.16. The molecule has 0 saturated carbocycles. The molecule has 0 radical (unpaired) electrons. The van der Waals surface area contributed by atoms with Crippen LogP contribution in [0.5, 0.6) is 0 Å². The maximum Gasteiger partial charge on any atom is 0.363 e. The van der Waals surface area contributed by atoms with Crippen LogP contribution in [0.3, 0.4) is 0 Å². The highest BCUT2D eigenvalue weighted by Crippen LogP contribution is 2.26. The Hall–Kier alpha value is -2.88. The van der Waals surface area contributed by atoms with E-state index in [1.165, 1.54) is 17.7 Å². The van der Waals surface area contributed by atoms with Gasteiger partial charge in [0.05, 0.1) is 15.1 Å².